The van der Waals surface area contributed by atoms with Crippen LogP contribution in [0, 0.1) is 12.7 Å². The van der Waals surface area contributed by atoms with Crippen molar-refractivity contribution in [3.8, 4) is 5.88 Å². The molecule has 0 radical (unpaired) electrons. The molecule has 1 aliphatic heterocycles. The lowest BCUT2D eigenvalue weighted by Gasteiger charge is -2.40. The molecule has 9 nitrogen and oxygen atoms in total. The fourth-order valence-electron chi connectivity index (χ4n) is 3.96. The highest BCUT2D eigenvalue weighted by Gasteiger charge is 2.48. The number of rotatable bonds is 7. The van der Waals surface area contributed by atoms with E-state index < -0.39 is 28.4 Å². The van der Waals surface area contributed by atoms with E-state index in [0.29, 0.717) is 11.6 Å². The van der Waals surface area contributed by atoms with Crippen molar-refractivity contribution in [2.45, 2.75) is 50.5 Å². The Morgan fingerprint density at radius 2 is 2.11 bits per heavy atom. The summed E-state index contributed by atoms with van der Waals surface area (Å²) >= 11 is 0.768. The number of benzene rings is 1. The highest BCUT2D eigenvalue weighted by Crippen LogP contribution is 2.48. The Bertz CT molecular complexity index is 1310. The SMILES string of the molecule is Cc1nc(OCc2ncco2)cnc1C(=O)Nc1ccc(F)c([C@]2(C)C[C@](C)(C(F)F)SC(N)=N2)c1. The Hall–Kier alpha value is -3.61. The van der Waals surface area contributed by atoms with E-state index >= 15 is 0 Å². The molecule has 4 rings (SSSR count). The van der Waals surface area contributed by atoms with Crippen LogP contribution in [0.3, 0.4) is 0 Å². The van der Waals surface area contributed by atoms with Crippen molar-refractivity contribution >= 4 is 28.5 Å². The average molecular weight is 521 g/mol. The topological polar surface area (TPSA) is 129 Å². The van der Waals surface area contributed by atoms with Gasteiger partial charge in [-0.25, -0.2) is 28.1 Å². The number of thioether (sulfide) groups is 1. The Morgan fingerprint density at radius 1 is 1.33 bits per heavy atom. The van der Waals surface area contributed by atoms with Crippen LogP contribution in [0.25, 0.3) is 0 Å². The smallest absolute Gasteiger partial charge is 0.276 e. The number of carbonyl (C=O) groups excluding carboxylic acids is 1. The van der Waals surface area contributed by atoms with Crippen LogP contribution in [0.2, 0.25) is 0 Å². The lowest BCUT2D eigenvalue weighted by molar-refractivity contribution is 0.0893. The molecule has 0 bridgehead atoms. The van der Waals surface area contributed by atoms with E-state index in [1.807, 2.05) is 0 Å². The molecule has 1 amide bonds. The zero-order valence-corrected chi connectivity index (χ0v) is 20.4. The summed E-state index contributed by atoms with van der Waals surface area (Å²) in [6.45, 7) is 4.53. The number of nitrogens with one attached hydrogen (secondary N) is 1. The Balaban J connectivity index is 1.53. The largest absolute Gasteiger partial charge is 0.467 e. The summed E-state index contributed by atoms with van der Waals surface area (Å²) in [7, 11) is 0. The third-order valence-corrected chi connectivity index (χ3v) is 6.71. The van der Waals surface area contributed by atoms with E-state index in [4.69, 9.17) is 14.9 Å². The van der Waals surface area contributed by atoms with Crippen molar-refractivity contribution in [1.29, 1.82) is 0 Å². The molecule has 0 fully saturated rings. The van der Waals surface area contributed by atoms with Crippen LogP contribution < -0.4 is 15.8 Å². The highest BCUT2D eigenvalue weighted by molar-refractivity contribution is 8.15. The number of nitrogens with two attached hydrogens (primary N) is 1. The molecule has 3 heterocycles. The molecule has 190 valence electrons. The molecule has 0 spiro atoms. The van der Waals surface area contributed by atoms with Gasteiger partial charge in [0.2, 0.25) is 11.8 Å². The average Bonchev–Trinajstić information content (AvgIpc) is 3.31. The first-order chi connectivity index (χ1) is 17.0. The van der Waals surface area contributed by atoms with E-state index in [1.54, 1.807) is 6.92 Å². The minimum atomic E-state index is -2.70. The van der Waals surface area contributed by atoms with Crippen LogP contribution >= 0.6 is 11.8 Å². The predicted octanol–water partition coefficient (Wildman–Crippen LogP) is 4.43. The molecular weight excluding hydrogens is 497 g/mol. The van der Waals surface area contributed by atoms with Gasteiger partial charge < -0.3 is 20.2 Å². The number of oxazole rings is 1. The van der Waals surface area contributed by atoms with Gasteiger partial charge in [0.15, 0.2) is 11.8 Å². The number of aliphatic imine (C=N–C) groups is 1. The van der Waals surface area contributed by atoms with Gasteiger partial charge in [-0.15, -0.1) is 0 Å². The van der Waals surface area contributed by atoms with E-state index in [2.05, 4.69) is 25.3 Å². The van der Waals surface area contributed by atoms with E-state index in [0.717, 1.165) is 17.8 Å². The number of nitrogens with zero attached hydrogens (tertiary/aromatic N) is 4. The Kier molecular flexibility index (Phi) is 6.94. The maximum Gasteiger partial charge on any atom is 0.276 e. The van der Waals surface area contributed by atoms with Crippen LogP contribution in [0.15, 0.2) is 46.3 Å². The monoisotopic (exact) mass is 520 g/mol. The fourth-order valence-corrected chi connectivity index (χ4v) is 5.13. The van der Waals surface area contributed by atoms with E-state index in [9.17, 15) is 18.0 Å². The van der Waals surface area contributed by atoms with Gasteiger partial charge in [-0.05, 0) is 45.4 Å². The summed E-state index contributed by atoms with van der Waals surface area (Å²) < 4.78 is 51.4. The standard InChI is InChI=1S/C23H23F3N6O3S/c1-12-18(29-9-16(30-12)35-10-17-28-6-7-34-17)19(33)31-13-4-5-15(24)14(8-13)22(2)11-23(3,20(25)26)36-21(27)32-22/h4-9,20H,10-11H2,1-3H3,(H2,27,32)(H,31,33)/t22-,23+/m0/s1. The van der Waals surface area contributed by atoms with E-state index in [-0.39, 0.29) is 41.0 Å². The molecule has 2 atom stereocenters. The zero-order valence-electron chi connectivity index (χ0n) is 19.6. The number of hydrogen-bond acceptors (Lipinski definition) is 9. The molecule has 1 aliphatic rings. The molecule has 3 N–H and O–H groups in total. The maximum absolute atomic E-state index is 14.9. The summed E-state index contributed by atoms with van der Waals surface area (Å²) in [5.74, 6) is -0.721. The van der Waals surface area contributed by atoms with Gasteiger partial charge in [-0.1, -0.05) is 11.8 Å². The third-order valence-electron chi connectivity index (χ3n) is 5.62. The van der Waals surface area contributed by atoms with Crippen molar-refractivity contribution < 1.29 is 27.1 Å². The first-order valence-corrected chi connectivity index (χ1v) is 11.6. The summed E-state index contributed by atoms with van der Waals surface area (Å²) in [6.07, 6.45) is 1.32. The predicted molar refractivity (Wildman–Crippen MR) is 128 cm³/mol. The van der Waals surface area contributed by atoms with Crippen molar-refractivity contribution in [3.05, 3.63) is 65.5 Å². The summed E-state index contributed by atoms with van der Waals surface area (Å²) in [6, 6.07) is 3.86. The summed E-state index contributed by atoms with van der Waals surface area (Å²) in [5, 5.41) is 2.59. The van der Waals surface area contributed by atoms with Crippen LogP contribution in [0.5, 0.6) is 5.88 Å². The number of amides is 1. The number of amidine groups is 1. The Morgan fingerprint density at radius 3 is 2.78 bits per heavy atom. The second-order valence-electron chi connectivity index (χ2n) is 8.62. The zero-order chi connectivity index (χ0) is 26.1. The maximum atomic E-state index is 14.9. The van der Waals surface area contributed by atoms with Gasteiger partial charge in [0, 0.05) is 11.3 Å². The van der Waals surface area contributed by atoms with Gasteiger partial charge in [0.1, 0.15) is 17.8 Å². The number of aromatic nitrogens is 3. The molecule has 0 saturated heterocycles. The van der Waals surface area contributed by atoms with Crippen molar-refractivity contribution in [2.24, 2.45) is 10.7 Å². The third kappa shape index (κ3) is 5.30. The van der Waals surface area contributed by atoms with Gasteiger partial charge in [0.25, 0.3) is 12.3 Å². The number of alkyl halides is 2. The summed E-state index contributed by atoms with van der Waals surface area (Å²) in [4.78, 5) is 29.4. The number of aryl methyl sites for hydroxylation is 1. The lowest BCUT2D eigenvalue weighted by atomic mass is 9.83. The lowest BCUT2D eigenvalue weighted by Crippen LogP contribution is -2.44. The van der Waals surface area contributed by atoms with Crippen LogP contribution in [0.1, 0.15) is 47.9 Å². The van der Waals surface area contributed by atoms with Crippen LogP contribution in [-0.2, 0) is 12.1 Å². The quantitative estimate of drug-likeness (QED) is 0.468. The second-order valence-corrected chi connectivity index (χ2v) is 10.2. The molecule has 0 aliphatic carbocycles. The highest BCUT2D eigenvalue weighted by atomic mass is 32.2. The van der Waals surface area contributed by atoms with Gasteiger partial charge in [-0.2, -0.15) is 0 Å². The molecule has 3 aromatic rings. The number of hydrogen-bond donors (Lipinski definition) is 2. The number of anilines is 1. The minimum absolute atomic E-state index is 0.0252. The molecular formula is C23H23F3N6O3S. The fraction of sp³-hybridized carbons (Fsp3) is 0.348. The van der Waals surface area contributed by atoms with Crippen LogP contribution in [0.4, 0.5) is 18.9 Å². The molecule has 2 aromatic heterocycles. The molecule has 1 aromatic carbocycles. The second kappa shape index (κ2) is 9.80. The van der Waals surface area contributed by atoms with Crippen molar-refractivity contribution in [2.75, 3.05) is 5.32 Å². The molecule has 0 saturated carbocycles. The van der Waals surface area contributed by atoms with E-state index in [1.165, 1.54) is 44.6 Å². The number of halogens is 3. The van der Waals surface area contributed by atoms with Crippen LogP contribution in [-0.4, -0.2) is 37.2 Å². The number of carbonyl (C=O) groups is 1. The van der Waals surface area contributed by atoms with Crippen molar-refractivity contribution in [3.63, 3.8) is 0 Å². The van der Waals surface area contributed by atoms with Gasteiger partial charge >= 0.3 is 0 Å². The van der Waals surface area contributed by atoms with Gasteiger partial charge in [0.05, 0.1) is 28.4 Å². The minimum Gasteiger partial charge on any atom is -0.467 e. The first kappa shape index (κ1) is 25.5. The van der Waals surface area contributed by atoms with Gasteiger partial charge in [-0.3, -0.25) is 9.79 Å². The first-order valence-electron chi connectivity index (χ1n) is 10.8. The van der Waals surface area contributed by atoms with Crippen molar-refractivity contribution in [1.82, 2.24) is 15.0 Å². The molecule has 0 unspecified atom stereocenters. The summed E-state index contributed by atoms with van der Waals surface area (Å²) in [5.41, 5.74) is 5.06. The molecule has 13 heteroatoms. The number of ether oxygens (including phenoxy) is 1. The Labute approximate surface area is 208 Å². The molecule has 36 heavy (non-hydrogen) atoms. The normalized spacial score (nSPS) is 21.8.